The van der Waals surface area contributed by atoms with Crippen LogP contribution in [0.1, 0.15) is 137 Å². The molecule has 2 saturated heterocycles. The number of hydrogen-bond acceptors (Lipinski definition) is 14. The molecule has 14 heteroatoms. The van der Waals surface area contributed by atoms with Crippen LogP contribution in [0.4, 0.5) is 0 Å². The Morgan fingerprint density at radius 1 is 0.375 bits per heavy atom. The van der Waals surface area contributed by atoms with Gasteiger partial charge in [0.1, 0.15) is 0 Å². The number of methoxy groups -OCH3 is 2. The Bertz CT molecular complexity index is 2550. The molecule has 2 spiro atoms. The third-order valence-electron chi connectivity index (χ3n) is 17.8. The quantitative estimate of drug-likeness (QED) is 0.0717. The van der Waals surface area contributed by atoms with Crippen LogP contribution in [-0.2, 0) is 55.1 Å². The number of aromatic hydroxyl groups is 8. The molecule has 0 atom stereocenters. The summed E-state index contributed by atoms with van der Waals surface area (Å²) in [5.74, 6) is -0.656. The number of nitrogens with zero attached hydrogens (tertiary/aromatic N) is 4. The summed E-state index contributed by atoms with van der Waals surface area (Å²) in [6, 6.07) is 10.3. The van der Waals surface area contributed by atoms with Gasteiger partial charge in [0, 0.05) is 115 Å². The van der Waals surface area contributed by atoms with Crippen molar-refractivity contribution >= 4 is 0 Å². The Labute approximate surface area is 426 Å². The Kier molecular flexibility index (Phi) is 13.3. The molecular weight excluding hydrogens is 913 g/mol. The van der Waals surface area contributed by atoms with Crippen LogP contribution in [0.5, 0.6) is 46.0 Å². The second kappa shape index (κ2) is 18.5. The number of benzene rings is 4. The molecule has 2 aliphatic heterocycles. The summed E-state index contributed by atoms with van der Waals surface area (Å²) in [7, 11) is 3.47. The van der Waals surface area contributed by atoms with Gasteiger partial charge in [-0.1, -0.05) is 55.4 Å². The lowest BCUT2D eigenvalue weighted by molar-refractivity contribution is 0.0928. The maximum absolute atomic E-state index is 11.7. The molecule has 6 aliphatic rings. The van der Waals surface area contributed by atoms with E-state index in [-0.39, 0.29) is 73.1 Å². The highest BCUT2D eigenvalue weighted by molar-refractivity contribution is 5.71. The van der Waals surface area contributed by atoms with Gasteiger partial charge in [-0.25, -0.2) is 0 Å². The second-order valence-corrected chi connectivity index (χ2v) is 24.7. The molecule has 72 heavy (non-hydrogen) atoms. The fourth-order valence-electron chi connectivity index (χ4n) is 14.7. The van der Waals surface area contributed by atoms with Gasteiger partial charge in [0.15, 0.2) is 46.0 Å². The van der Waals surface area contributed by atoms with E-state index in [4.69, 9.17) is 9.47 Å². The van der Waals surface area contributed by atoms with Crippen LogP contribution in [0.2, 0.25) is 0 Å². The molecule has 10 rings (SSSR count). The molecule has 0 bridgehead atoms. The van der Waals surface area contributed by atoms with E-state index in [9.17, 15) is 40.9 Å². The van der Waals surface area contributed by atoms with Gasteiger partial charge in [0.25, 0.3) is 0 Å². The molecule has 0 saturated carbocycles. The van der Waals surface area contributed by atoms with Crippen molar-refractivity contribution in [3.63, 3.8) is 0 Å². The number of ether oxygens (including phenoxy) is 2. The van der Waals surface area contributed by atoms with Crippen molar-refractivity contribution in [2.24, 2.45) is 0 Å². The van der Waals surface area contributed by atoms with Crippen molar-refractivity contribution in [1.29, 1.82) is 0 Å². The number of piperazine rings is 2. The summed E-state index contributed by atoms with van der Waals surface area (Å²) < 4.78 is 10.6. The minimum Gasteiger partial charge on any atom is -0.504 e. The normalized spacial score (nSPS) is 22.1. The first kappa shape index (κ1) is 51.9. The fourth-order valence-corrected chi connectivity index (χ4v) is 14.7. The largest absolute Gasteiger partial charge is 0.504 e. The van der Waals surface area contributed by atoms with E-state index >= 15 is 0 Å². The van der Waals surface area contributed by atoms with E-state index in [1.807, 2.05) is 0 Å². The van der Waals surface area contributed by atoms with E-state index in [0.29, 0.717) is 26.3 Å². The predicted molar refractivity (Wildman–Crippen MR) is 278 cm³/mol. The molecule has 4 aliphatic carbocycles. The Morgan fingerprint density at radius 2 is 0.653 bits per heavy atom. The van der Waals surface area contributed by atoms with Gasteiger partial charge in [-0.15, -0.1) is 0 Å². The molecule has 2 heterocycles. The lowest BCUT2D eigenvalue weighted by Gasteiger charge is -2.38. The van der Waals surface area contributed by atoms with Gasteiger partial charge in [-0.2, -0.15) is 0 Å². The first-order valence-corrected chi connectivity index (χ1v) is 26.0. The van der Waals surface area contributed by atoms with Gasteiger partial charge in [0.2, 0.25) is 0 Å². The molecule has 0 aromatic heterocycles. The summed E-state index contributed by atoms with van der Waals surface area (Å²) >= 11 is 0. The van der Waals surface area contributed by atoms with Crippen molar-refractivity contribution in [3.8, 4) is 46.0 Å². The smallest absolute Gasteiger partial charge is 0.162 e. The van der Waals surface area contributed by atoms with E-state index in [2.05, 4.69) is 75.0 Å². The van der Waals surface area contributed by atoms with Crippen LogP contribution >= 0.6 is 0 Å². The molecule has 14 nitrogen and oxygen atoms in total. The van der Waals surface area contributed by atoms with Gasteiger partial charge in [0.05, 0.1) is 13.2 Å². The maximum Gasteiger partial charge on any atom is 0.162 e. The molecule has 0 radical (unpaired) electrons. The minimum absolute atomic E-state index is 0.0365. The zero-order chi connectivity index (χ0) is 52.1. The van der Waals surface area contributed by atoms with Crippen molar-refractivity contribution in [2.45, 2.75) is 127 Å². The van der Waals surface area contributed by atoms with Crippen molar-refractivity contribution < 1.29 is 50.3 Å². The van der Waals surface area contributed by atoms with E-state index in [0.717, 1.165) is 147 Å². The Hall–Kier alpha value is -4.96. The average molecular weight is 993 g/mol. The summed E-state index contributed by atoms with van der Waals surface area (Å²) in [5, 5.41) is 85.9. The summed E-state index contributed by atoms with van der Waals surface area (Å²) in [6.07, 6.45) is 3.21. The van der Waals surface area contributed by atoms with E-state index < -0.39 is 5.41 Å². The van der Waals surface area contributed by atoms with Crippen LogP contribution in [-0.4, -0.2) is 153 Å². The molecule has 0 amide bonds. The molecule has 4 aromatic rings. The first-order chi connectivity index (χ1) is 33.8. The number of hydrogen-bond donors (Lipinski definition) is 8. The topological polar surface area (TPSA) is 193 Å². The minimum atomic E-state index is -0.501. The highest BCUT2D eigenvalue weighted by atomic mass is 16.5. The fraction of sp³-hybridized carbons (Fsp3) is 0.586. The third kappa shape index (κ3) is 8.71. The number of rotatable bonds is 10. The number of phenolic OH excluding ortho intramolecular Hbond substituents is 8. The highest BCUT2D eigenvalue weighted by Crippen LogP contribution is 2.68. The standard InChI is InChI=1S/C37H56N4O6.C21H24O4/c1-35(2)23-37(31-25(33(44)29(42)19-27(31)35)21-40-11-7-38(8-12-40)15-17-46-5)24-36(3,4)28-20-30(43)34(45)26(32(28)37)22-41-13-9-39(10-14-41)16-18-47-6;1-19(2)9-21(13-7-17(24)15(22)5-11(13)19)10-20(3,4)12-6-16(23)18(25)8-14(12)21/h19-20,42-45H,7-18,21-24H2,1-6H3;5-8,22-25H,9-10H2,1-4H3. The highest BCUT2D eigenvalue weighted by Gasteiger charge is 2.60. The monoisotopic (exact) mass is 993 g/mol. The van der Waals surface area contributed by atoms with Gasteiger partial charge in [-0.05, 0) is 128 Å². The van der Waals surface area contributed by atoms with E-state index in [1.54, 1.807) is 50.6 Å². The van der Waals surface area contributed by atoms with Crippen LogP contribution < -0.4 is 0 Å². The molecule has 2 fully saturated rings. The summed E-state index contributed by atoms with van der Waals surface area (Å²) in [4.78, 5) is 9.59. The molecular formula is C58H80N4O10. The maximum atomic E-state index is 11.7. The second-order valence-electron chi connectivity index (χ2n) is 24.7. The predicted octanol–water partition coefficient (Wildman–Crippen LogP) is 7.84. The van der Waals surface area contributed by atoms with Gasteiger partial charge < -0.3 is 50.3 Å². The summed E-state index contributed by atoms with van der Waals surface area (Å²) in [5.41, 5.74) is 8.20. The number of phenols is 8. The number of fused-ring (bicyclic) bond motifs is 8. The molecule has 4 aromatic carbocycles. The Morgan fingerprint density at radius 3 is 0.986 bits per heavy atom. The molecule has 392 valence electrons. The van der Waals surface area contributed by atoms with Crippen LogP contribution in [0.15, 0.2) is 36.4 Å². The van der Waals surface area contributed by atoms with Crippen LogP contribution in [0.25, 0.3) is 0 Å². The van der Waals surface area contributed by atoms with Gasteiger partial charge in [-0.3, -0.25) is 19.6 Å². The zero-order valence-corrected chi connectivity index (χ0v) is 44.4. The lowest BCUT2D eigenvalue weighted by Crippen LogP contribution is -2.47. The van der Waals surface area contributed by atoms with Crippen molar-refractivity contribution in [3.05, 3.63) is 92.0 Å². The molecule has 0 unspecified atom stereocenters. The lowest BCUT2D eigenvalue weighted by atomic mass is 9.70. The third-order valence-corrected chi connectivity index (χ3v) is 17.8. The van der Waals surface area contributed by atoms with Crippen LogP contribution in [0, 0.1) is 0 Å². The van der Waals surface area contributed by atoms with Gasteiger partial charge >= 0.3 is 0 Å². The van der Waals surface area contributed by atoms with Crippen LogP contribution in [0.3, 0.4) is 0 Å². The van der Waals surface area contributed by atoms with E-state index in [1.165, 1.54) is 0 Å². The van der Waals surface area contributed by atoms with Crippen molar-refractivity contribution in [2.75, 3.05) is 92.9 Å². The molecule has 8 N–H and O–H groups in total. The average Bonchev–Trinajstić information content (AvgIpc) is 3.85. The van der Waals surface area contributed by atoms with Crippen molar-refractivity contribution in [1.82, 2.24) is 19.6 Å². The summed E-state index contributed by atoms with van der Waals surface area (Å²) in [6.45, 7) is 29.0. The Balaban J connectivity index is 0.000000214. The SMILES string of the molecule is CC1(C)CC2(CC(C)(C)c3cc(O)c(O)cc32)c2cc(O)c(O)cc21.COCCN1CCN(Cc2c(O)c(O)cc3c2C2(CC3(C)C)CC(C)(C)c3cc(O)c(O)c(CN4CCN(CCOC)CC4)c32)CC1. The zero-order valence-electron chi connectivity index (χ0n) is 44.4. The first-order valence-electron chi connectivity index (χ1n) is 26.0.